The molecular weight excluding hydrogens is 511 g/mol. The third-order valence-electron chi connectivity index (χ3n) is 7.07. The fourth-order valence-electron chi connectivity index (χ4n) is 4.76. The molecule has 2 aliphatic rings. The molecule has 39 heavy (non-hydrogen) atoms. The second-order valence-electron chi connectivity index (χ2n) is 9.98. The van der Waals surface area contributed by atoms with E-state index in [4.69, 9.17) is 0 Å². The Hall–Kier alpha value is -3.46. The van der Waals surface area contributed by atoms with Gasteiger partial charge in [-0.15, -0.1) is 0 Å². The molecule has 5 rings (SSSR count). The van der Waals surface area contributed by atoms with E-state index in [1.54, 1.807) is 23.1 Å². The number of rotatable bonds is 8. The second-order valence-corrected chi connectivity index (χ2v) is 11.1. The number of piperazine rings is 1. The molecule has 1 N–H and O–H groups in total. The van der Waals surface area contributed by atoms with Crippen LogP contribution in [0.5, 0.6) is 0 Å². The highest BCUT2D eigenvalue weighted by molar-refractivity contribution is 8.04. The van der Waals surface area contributed by atoms with Gasteiger partial charge in [-0.1, -0.05) is 54.2 Å². The van der Waals surface area contributed by atoms with Gasteiger partial charge in [0.2, 0.25) is 0 Å². The van der Waals surface area contributed by atoms with Crippen LogP contribution in [0, 0.1) is 5.82 Å². The third kappa shape index (κ3) is 6.95. The summed E-state index contributed by atoms with van der Waals surface area (Å²) in [5, 5.41) is 3.04. The number of nitrogens with zero attached hydrogens (tertiary/aromatic N) is 3. The van der Waals surface area contributed by atoms with E-state index < -0.39 is 0 Å². The van der Waals surface area contributed by atoms with E-state index in [1.165, 1.54) is 23.9 Å². The maximum atomic E-state index is 13.7. The first-order valence-electron chi connectivity index (χ1n) is 13.3. The molecule has 0 atom stereocenters. The lowest BCUT2D eigenvalue weighted by Gasteiger charge is -2.32. The number of thioether (sulfide) groups is 1. The molecule has 2 heterocycles. The van der Waals surface area contributed by atoms with Crippen LogP contribution < -0.4 is 10.2 Å². The summed E-state index contributed by atoms with van der Waals surface area (Å²) in [5.74, 6) is -0.623. The Labute approximate surface area is 233 Å². The van der Waals surface area contributed by atoms with Crippen LogP contribution >= 0.6 is 11.8 Å². The van der Waals surface area contributed by atoms with Crippen molar-refractivity contribution in [3.63, 3.8) is 0 Å². The van der Waals surface area contributed by atoms with Gasteiger partial charge in [-0.2, -0.15) is 0 Å². The molecule has 0 radical (unpaired) electrons. The second kappa shape index (κ2) is 12.6. The van der Waals surface area contributed by atoms with Crippen LogP contribution in [0.2, 0.25) is 0 Å². The summed E-state index contributed by atoms with van der Waals surface area (Å²) in [6, 6.07) is 21.4. The maximum Gasteiger partial charge on any atom is 0.265 e. The van der Waals surface area contributed by atoms with Crippen molar-refractivity contribution in [3.05, 3.63) is 100 Å². The number of hydrogen-bond acceptors (Lipinski definition) is 5. The van der Waals surface area contributed by atoms with Gasteiger partial charge < -0.3 is 20.0 Å². The summed E-state index contributed by atoms with van der Waals surface area (Å²) in [7, 11) is 2.14. The predicted molar refractivity (Wildman–Crippen MR) is 155 cm³/mol. The Kier molecular flexibility index (Phi) is 8.76. The zero-order valence-corrected chi connectivity index (χ0v) is 22.9. The molecule has 202 valence electrons. The first-order valence-corrected chi connectivity index (χ1v) is 14.1. The molecule has 0 spiro atoms. The number of likely N-dealkylation sites (N-methyl/N-ethyl adjacent to an activating group) is 1. The molecule has 2 amide bonds. The molecule has 0 unspecified atom stereocenters. The molecule has 1 fully saturated rings. The fourth-order valence-corrected chi connectivity index (χ4v) is 5.80. The van der Waals surface area contributed by atoms with Crippen molar-refractivity contribution in [3.8, 4) is 0 Å². The summed E-state index contributed by atoms with van der Waals surface area (Å²) in [4.78, 5) is 34.6. The minimum Gasteiger partial charge on any atom is -0.352 e. The standard InChI is InChI=1S/C31H33FN4O2S/c1-34-16-18-35(19-17-34)15-5-14-33-30(37)25-10-13-28-27(21-25)36(22-24-8-11-26(32)12-9-24)31(38)29(39-28)20-23-6-3-2-4-7-23/h2-4,6-13,20-21H,5,14-19,22H2,1H3,(H,33,37). The van der Waals surface area contributed by atoms with E-state index in [2.05, 4.69) is 22.2 Å². The third-order valence-corrected chi connectivity index (χ3v) is 8.15. The van der Waals surface area contributed by atoms with Crippen LogP contribution in [0.1, 0.15) is 27.9 Å². The van der Waals surface area contributed by atoms with Gasteiger partial charge >= 0.3 is 0 Å². The van der Waals surface area contributed by atoms with Gasteiger partial charge in [-0.05, 0) is 67.5 Å². The Morgan fingerprint density at radius 3 is 2.49 bits per heavy atom. The highest BCUT2D eigenvalue weighted by Crippen LogP contribution is 2.43. The van der Waals surface area contributed by atoms with E-state index in [0.29, 0.717) is 22.7 Å². The zero-order chi connectivity index (χ0) is 27.2. The molecule has 0 aliphatic carbocycles. The van der Waals surface area contributed by atoms with Crippen molar-refractivity contribution in [2.75, 3.05) is 51.2 Å². The van der Waals surface area contributed by atoms with Crippen molar-refractivity contribution in [1.82, 2.24) is 15.1 Å². The van der Waals surface area contributed by atoms with Crippen molar-refractivity contribution < 1.29 is 14.0 Å². The Balaban J connectivity index is 1.32. The maximum absolute atomic E-state index is 13.7. The largest absolute Gasteiger partial charge is 0.352 e. The lowest BCUT2D eigenvalue weighted by atomic mass is 10.1. The van der Waals surface area contributed by atoms with E-state index >= 15 is 0 Å². The smallest absolute Gasteiger partial charge is 0.265 e. The van der Waals surface area contributed by atoms with E-state index in [9.17, 15) is 14.0 Å². The minimum absolute atomic E-state index is 0.148. The number of nitrogens with one attached hydrogen (secondary N) is 1. The number of fused-ring (bicyclic) bond motifs is 1. The van der Waals surface area contributed by atoms with Crippen molar-refractivity contribution in [2.45, 2.75) is 17.9 Å². The van der Waals surface area contributed by atoms with Crippen molar-refractivity contribution >= 4 is 35.3 Å². The van der Waals surface area contributed by atoms with Crippen LogP contribution in [-0.4, -0.2) is 67.9 Å². The van der Waals surface area contributed by atoms with Crippen LogP contribution in [-0.2, 0) is 11.3 Å². The molecule has 3 aromatic rings. The van der Waals surface area contributed by atoms with E-state index in [1.807, 2.05) is 48.5 Å². The summed E-state index contributed by atoms with van der Waals surface area (Å²) in [6.45, 7) is 6.11. The minimum atomic E-state index is -0.323. The molecule has 0 aromatic heterocycles. The quantitative estimate of drug-likeness (QED) is 0.324. The van der Waals surface area contributed by atoms with Crippen LogP contribution in [0.15, 0.2) is 82.6 Å². The summed E-state index contributed by atoms with van der Waals surface area (Å²) < 4.78 is 13.5. The molecule has 3 aromatic carbocycles. The number of hydrogen-bond donors (Lipinski definition) is 1. The molecule has 6 nitrogen and oxygen atoms in total. The van der Waals surface area contributed by atoms with Crippen molar-refractivity contribution in [1.29, 1.82) is 0 Å². The SMILES string of the molecule is CN1CCN(CCCNC(=O)c2ccc3c(c2)N(Cc2ccc(F)cc2)C(=O)C(=Cc2ccccc2)S3)CC1. The predicted octanol–water partition coefficient (Wildman–Crippen LogP) is 4.87. The number of amides is 2. The topological polar surface area (TPSA) is 55.9 Å². The Morgan fingerprint density at radius 1 is 1.00 bits per heavy atom. The first-order chi connectivity index (χ1) is 19.0. The van der Waals surface area contributed by atoms with Crippen molar-refractivity contribution in [2.24, 2.45) is 0 Å². The van der Waals surface area contributed by atoms with Gasteiger partial charge in [0.05, 0.1) is 17.1 Å². The lowest BCUT2D eigenvalue weighted by Crippen LogP contribution is -2.45. The molecule has 2 aliphatic heterocycles. The molecule has 8 heteroatoms. The van der Waals surface area contributed by atoms with Crippen LogP contribution in [0.3, 0.4) is 0 Å². The number of anilines is 1. The Bertz CT molecular complexity index is 1340. The number of benzene rings is 3. The summed E-state index contributed by atoms with van der Waals surface area (Å²) >= 11 is 1.40. The normalized spacial score (nSPS) is 17.3. The monoisotopic (exact) mass is 544 g/mol. The van der Waals surface area contributed by atoms with E-state index in [0.717, 1.165) is 55.2 Å². The molecular formula is C31H33FN4O2S. The summed E-state index contributed by atoms with van der Waals surface area (Å²) in [6.07, 6.45) is 2.77. The zero-order valence-electron chi connectivity index (χ0n) is 22.1. The van der Waals surface area contributed by atoms with E-state index in [-0.39, 0.29) is 24.2 Å². The fraction of sp³-hybridized carbons (Fsp3) is 0.290. The molecule has 0 saturated carbocycles. The van der Waals surface area contributed by atoms with Gasteiger partial charge in [0, 0.05) is 43.2 Å². The van der Waals surface area contributed by atoms with Gasteiger partial charge in [0.1, 0.15) is 5.82 Å². The first kappa shape index (κ1) is 27.1. The number of carbonyl (C=O) groups is 2. The highest BCUT2D eigenvalue weighted by atomic mass is 32.2. The van der Waals surface area contributed by atoms with Crippen LogP contribution in [0.4, 0.5) is 10.1 Å². The van der Waals surface area contributed by atoms with Gasteiger partial charge in [-0.25, -0.2) is 4.39 Å². The number of carbonyl (C=O) groups excluding carboxylic acids is 2. The van der Waals surface area contributed by atoms with Gasteiger partial charge in [0.15, 0.2) is 0 Å². The highest BCUT2D eigenvalue weighted by Gasteiger charge is 2.30. The molecule has 0 bridgehead atoms. The lowest BCUT2D eigenvalue weighted by molar-refractivity contribution is -0.114. The molecule has 1 saturated heterocycles. The number of halogens is 1. The average Bonchev–Trinajstić information content (AvgIpc) is 2.95. The van der Waals surface area contributed by atoms with Gasteiger partial charge in [-0.3, -0.25) is 9.59 Å². The Morgan fingerprint density at radius 2 is 1.74 bits per heavy atom. The summed E-state index contributed by atoms with van der Waals surface area (Å²) in [5.41, 5.74) is 2.94. The van der Waals surface area contributed by atoms with Gasteiger partial charge in [0.25, 0.3) is 11.8 Å². The van der Waals surface area contributed by atoms with Crippen LogP contribution in [0.25, 0.3) is 6.08 Å². The average molecular weight is 545 g/mol.